The van der Waals surface area contributed by atoms with Crippen molar-refractivity contribution in [3.8, 4) is 0 Å². The molecule has 0 aliphatic heterocycles. The van der Waals surface area contributed by atoms with Crippen molar-refractivity contribution >= 4 is 27.8 Å². The molecule has 0 saturated heterocycles. The first kappa shape index (κ1) is 14.4. The summed E-state index contributed by atoms with van der Waals surface area (Å²) in [5, 5.41) is 1.64. The molecule has 0 atom stereocenters. The minimum absolute atomic E-state index is 0.184. The standard InChI is InChI=1S/C17H18N2O3/c1-5-22-17(21)13-8-14(20)12-7-6-11-9(2)10(3)19(4)16(11)15(12)18-13/h6-8H,5H2,1-4H3,(H,18,20). The molecule has 0 fully saturated rings. The fourth-order valence-electron chi connectivity index (χ4n) is 2.89. The summed E-state index contributed by atoms with van der Waals surface area (Å²) in [4.78, 5) is 27.3. The fourth-order valence-corrected chi connectivity index (χ4v) is 2.89. The first-order chi connectivity index (χ1) is 10.5. The molecule has 114 valence electrons. The van der Waals surface area contributed by atoms with Crippen LogP contribution in [0, 0.1) is 13.8 Å². The number of pyridine rings is 1. The molecule has 5 nitrogen and oxygen atoms in total. The summed E-state index contributed by atoms with van der Waals surface area (Å²) in [5.74, 6) is -0.513. The van der Waals surface area contributed by atoms with Crippen LogP contribution in [0.25, 0.3) is 21.8 Å². The minimum Gasteiger partial charge on any atom is -0.461 e. The van der Waals surface area contributed by atoms with Crippen molar-refractivity contribution in [2.45, 2.75) is 20.8 Å². The van der Waals surface area contributed by atoms with Gasteiger partial charge in [0, 0.05) is 29.6 Å². The predicted molar refractivity (Wildman–Crippen MR) is 86.5 cm³/mol. The predicted octanol–water partition coefficient (Wildman–Crippen LogP) is 2.81. The van der Waals surface area contributed by atoms with E-state index in [-0.39, 0.29) is 17.7 Å². The molecule has 0 unspecified atom stereocenters. The molecule has 0 aliphatic carbocycles. The molecule has 1 aromatic carbocycles. The molecule has 0 aliphatic rings. The molecule has 1 N–H and O–H groups in total. The Morgan fingerprint density at radius 1 is 1.27 bits per heavy atom. The van der Waals surface area contributed by atoms with Crippen molar-refractivity contribution in [1.82, 2.24) is 9.55 Å². The van der Waals surface area contributed by atoms with Crippen molar-refractivity contribution in [2.24, 2.45) is 7.05 Å². The van der Waals surface area contributed by atoms with Crippen LogP contribution in [0.15, 0.2) is 23.0 Å². The molecule has 2 heterocycles. The van der Waals surface area contributed by atoms with Gasteiger partial charge in [0.05, 0.1) is 17.6 Å². The Balaban J connectivity index is 2.44. The highest BCUT2D eigenvalue weighted by atomic mass is 16.5. The smallest absolute Gasteiger partial charge is 0.354 e. The van der Waals surface area contributed by atoms with Crippen LogP contribution < -0.4 is 5.43 Å². The van der Waals surface area contributed by atoms with Crippen LogP contribution in [0.1, 0.15) is 28.7 Å². The quantitative estimate of drug-likeness (QED) is 0.740. The number of carbonyl (C=O) groups is 1. The van der Waals surface area contributed by atoms with E-state index in [2.05, 4.69) is 11.9 Å². The topological polar surface area (TPSA) is 64.1 Å². The zero-order chi connectivity index (χ0) is 16.0. The summed E-state index contributed by atoms with van der Waals surface area (Å²) < 4.78 is 7.03. The van der Waals surface area contributed by atoms with E-state index in [4.69, 9.17) is 4.74 Å². The molecule has 2 aromatic heterocycles. The van der Waals surface area contributed by atoms with E-state index in [9.17, 15) is 9.59 Å². The van der Waals surface area contributed by atoms with Crippen LogP contribution in [0.2, 0.25) is 0 Å². The monoisotopic (exact) mass is 298 g/mol. The lowest BCUT2D eigenvalue weighted by molar-refractivity contribution is 0.0520. The van der Waals surface area contributed by atoms with Gasteiger partial charge in [0.1, 0.15) is 5.69 Å². The maximum Gasteiger partial charge on any atom is 0.354 e. The third-order valence-corrected chi connectivity index (χ3v) is 4.26. The highest BCUT2D eigenvalue weighted by Gasteiger charge is 2.16. The highest BCUT2D eigenvalue weighted by molar-refractivity contribution is 6.06. The maximum absolute atomic E-state index is 12.3. The van der Waals surface area contributed by atoms with Crippen molar-refractivity contribution < 1.29 is 9.53 Å². The number of ether oxygens (including phenoxy) is 1. The van der Waals surface area contributed by atoms with Crippen LogP contribution >= 0.6 is 0 Å². The number of esters is 1. The molecule has 3 rings (SSSR count). The maximum atomic E-state index is 12.3. The number of benzene rings is 1. The van der Waals surface area contributed by atoms with Gasteiger partial charge in [0.25, 0.3) is 0 Å². The molecular weight excluding hydrogens is 280 g/mol. The van der Waals surface area contributed by atoms with Crippen LogP contribution in [-0.2, 0) is 11.8 Å². The molecule has 0 saturated carbocycles. The number of nitrogens with zero attached hydrogens (tertiary/aromatic N) is 1. The van der Waals surface area contributed by atoms with Gasteiger partial charge in [-0.3, -0.25) is 4.79 Å². The van der Waals surface area contributed by atoms with Gasteiger partial charge in [0.15, 0.2) is 5.43 Å². The fraction of sp³-hybridized carbons (Fsp3) is 0.294. The summed E-state index contributed by atoms with van der Waals surface area (Å²) in [5.41, 5.74) is 3.90. The Bertz CT molecular complexity index is 964. The van der Waals surface area contributed by atoms with Gasteiger partial charge in [-0.25, -0.2) is 4.79 Å². The Kier molecular flexibility index (Phi) is 3.28. The number of hydrogen-bond acceptors (Lipinski definition) is 3. The van der Waals surface area contributed by atoms with Crippen LogP contribution in [0.3, 0.4) is 0 Å². The lowest BCUT2D eigenvalue weighted by Crippen LogP contribution is -2.13. The summed E-state index contributed by atoms with van der Waals surface area (Å²) in [6, 6.07) is 5.06. The number of aromatic amines is 1. The molecule has 3 aromatic rings. The van der Waals surface area contributed by atoms with E-state index >= 15 is 0 Å². The third kappa shape index (κ3) is 1.93. The first-order valence-corrected chi connectivity index (χ1v) is 7.24. The van der Waals surface area contributed by atoms with E-state index in [1.165, 1.54) is 11.6 Å². The lowest BCUT2D eigenvalue weighted by Gasteiger charge is -2.07. The number of H-pyrrole nitrogens is 1. The molecular formula is C17H18N2O3. The number of hydrogen-bond donors (Lipinski definition) is 1. The van der Waals surface area contributed by atoms with Crippen LogP contribution in [0.4, 0.5) is 0 Å². The van der Waals surface area contributed by atoms with Gasteiger partial charge in [-0.2, -0.15) is 0 Å². The zero-order valence-corrected chi connectivity index (χ0v) is 13.1. The molecule has 0 spiro atoms. The number of rotatable bonds is 2. The van der Waals surface area contributed by atoms with Crippen molar-refractivity contribution in [2.75, 3.05) is 6.61 Å². The molecule has 0 bridgehead atoms. The van der Waals surface area contributed by atoms with Gasteiger partial charge < -0.3 is 14.3 Å². The van der Waals surface area contributed by atoms with Gasteiger partial charge in [0.2, 0.25) is 0 Å². The average molecular weight is 298 g/mol. The van der Waals surface area contributed by atoms with E-state index in [1.54, 1.807) is 13.0 Å². The molecule has 0 amide bonds. The second kappa shape index (κ2) is 5.02. The van der Waals surface area contributed by atoms with Crippen molar-refractivity contribution in [3.05, 3.63) is 45.4 Å². The summed E-state index contributed by atoms with van der Waals surface area (Å²) in [6.45, 7) is 6.09. The zero-order valence-electron chi connectivity index (χ0n) is 13.1. The van der Waals surface area contributed by atoms with E-state index in [0.29, 0.717) is 10.9 Å². The van der Waals surface area contributed by atoms with Gasteiger partial charge >= 0.3 is 5.97 Å². The van der Waals surface area contributed by atoms with Crippen LogP contribution in [0.5, 0.6) is 0 Å². The SMILES string of the molecule is CCOC(=O)c1cc(=O)c2ccc3c(C)c(C)n(C)c3c2[nH]1. The average Bonchev–Trinajstić information content (AvgIpc) is 2.72. The van der Waals surface area contributed by atoms with Gasteiger partial charge in [-0.05, 0) is 32.4 Å². The number of nitrogens with one attached hydrogen (secondary N) is 1. The second-order valence-electron chi connectivity index (χ2n) is 5.42. The Morgan fingerprint density at radius 3 is 2.64 bits per heavy atom. The number of carbonyl (C=O) groups excluding carboxylic acids is 1. The second-order valence-corrected chi connectivity index (χ2v) is 5.42. The summed E-state index contributed by atoms with van der Waals surface area (Å²) >= 11 is 0. The minimum atomic E-state index is -0.513. The Hall–Kier alpha value is -2.56. The molecule has 0 radical (unpaired) electrons. The van der Waals surface area contributed by atoms with Crippen molar-refractivity contribution in [3.63, 3.8) is 0 Å². The van der Waals surface area contributed by atoms with Gasteiger partial charge in [-0.1, -0.05) is 6.07 Å². The third-order valence-electron chi connectivity index (χ3n) is 4.26. The Morgan fingerprint density at radius 2 is 1.95 bits per heavy atom. The molecule has 5 heteroatoms. The summed E-state index contributed by atoms with van der Waals surface area (Å²) in [6.07, 6.45) is 0. The number of aromatic nitrogens is 2. The van der Waals surface area contributed by atoms with Gasteiger partial charge in [-0.15, -0.1) is 0 Å². The van der Waals surface area contributed by atoms with Crippen LogP contribution in [-0.4, -0.2) is 22.1 Å². The number of aryl methyl sites for hydroxylation is 2. The summed E-state index contributed by atoms with van der Waals surface area (Å²) in [7, 11) is 1.96. The number of fused-ring (bicyclic) bond motifs is 3. The highest BCUT2D eigenvalue weighted by Crippen LogP contribution is 2.28. The lowest BCUT2D eigenvalue weighted by atomic mass is 10.1. The van der Waals surface area contributed by atoms with E-state index in [0.717, 1.165) is 16.6 Å². The molecule has 22 heavy (non-hydrogen) atoms. The largest absolute Gasteiger partial charge is 0.461 e. The van der Waals surface area contributed by atoms with E-state index in [1.807, 2.05) is 24.6 Å². The van der Waals surface area contributed by atoms with E-state index < -0.39 is 5.97 Å². The first-order valence-electron chi connectivity index (χ1n) is 7.24. The normalized spacial score (nSPS) is 11.3. The van der Waals surface area contributed by atoms with Crippen molar-refractivity contribution in [1.29, 1.82) is 0 Å². The Labute approximate surface area is 127 Å².